The molecule has 0 spiro atoms. The number of rotatable bonds is 2. The van der Waals surface area contributed by atoms with Crippen molar-refractivity contribution in [1.82, 2.24) is 0 Å². The molecule has 0 atom stereocenters. The summed E-state index contributed by atoms with van der Waals surface area (Å²) in [6.07, 6.45) is 0.918. The molecule has 0 aromatic heterocycles. The first kappa shape index (κ1) is 8.31. The number of hydrogen-bond acceptors (Lipinski definition) is 0. The van der Waals surface area contributed by atoms with E-state index in [1.54, 1.807) is 6.07 Å². The van der Waals surface area contributed by atoms with Gasteiger partial charge in [0.25, 0.3) is 0 Å². The van der Waals surface area contributed by atoms with Crippen molar-refractivity contribution < 1.29 is 4.39 Å². The molecule has 0 nitrogen and oxygen atoms in total. The third kappa shape index (κ3) is 1.82. The molecule has 58 valence electrons. The van der Waals surface area contributed by atoms with E-state index in [0.29, 0.717) is 0 Å². The molecule has 0 aliphatic rings. The molecular weight excluding hydrogens is 138 g/mol. The molecule has 1 aromatic rings. The van der Waals surface area contributed by atoms with E-state index >= 15 is 0 Å². The van der Waals surface area contributed by atoms with E-state index in [9.17, 15) is 4.39 Å². The summed E-state index contributed by atoms with van der Waals surface area (Å²) in [7, 11) is 0.990. The van der Waals surface area contributed by atoms with Crippen LogP contribution in [0.4, 0.5) is 4.39 Å². The Morgan fingerprint density at radius 2 is 2.18 bits per heavy atom. The third-order valence-corrected chi connectivity index (χ3v) is 1.93. The lowest BCUT2D eigenvalue weighted by Gasteiger charge is -2.03. The van der Waals surface area contributed by atoms with Crippen molar-refractivity contribution in [2.24, 2.45) is 0 Å². The molecule has 1 aromatic carbocycles. The first-order valence-electron chi connectivity index (χ1n) is 4.05. The number of benzene rings is 1. The quantitative estimate of drug-likeness (QED) is 0.560. The maximum Gasteiger partial charge on any atom is 0.154 e. The van der Waals surface area contributed by atoms with Gasteiger partial charge in [0.2, 0.25) is 0 Å². The fourth-order valence-corrected chi connectivity index (χ4v) is 1.27. The van der Waals surface area contributed by atoms with Crippen molar-refractivity contribution >= 4 is 12.7 Å². The molecule has 0 aliphatic carbocycles. The summed E-state index contributed by atoms with van der Waals surface area (Å²) < 4.78 is 12.7. The van der Waals surface area contributed by atoms with Crippen LogP contribution in [0.1, 0.15) is 12.5 Å². The van der Waals surface area contributed by atoms with E-state index in [0.717, 1.165) is 19.3 Å². The van der Waals surface area contributed by atoms with Crippen molar-refractivity contribution in [1.29, 1.82) is 0 Å². The van der Waals surface area contributed by atoms with Crippen LogP contribution >= 0.6 is 0 Å². The standard InChI is InChI=1S/C9H12BF/c1-3-7-6-8(11)4-5-9(7)10-2/h4-6,10H,3H2,1-2H3. The van der Waals surface area contributed by atoms with Crippen molar-refractivity contribution in [3.05, 3.63) is 29.6 Å². The smallest absolute Gasteiger partial charge is 0.154 e. The lowest BCUT2D eigenvalue weighted by Crippen LogP contribution is -2.16. The molecule has 0 N–H and O–H groups in total. The summed E-state index contributed by atoms with van der Waals surface area (Å²) in [4.78, 5) is 0. The van der Waals surface area contributed by atoms with Gasteiger partial charge in [0.05, 0.1) is 0 Å². The van der Waals surface area contributed by atoms with E-state index < -0.39 is 0 Å². The minimum atomic E-state index is -0.126. The van der Waals surface area contributed by atoms with Gasteiger partial charge in [-0.2, -0.15) is 0 Å². The summed E-state index contributed by atoms with van der Waals surface area (Å²) in [5, 5.41) is 0. The highest BCUT2D eigenvalue weighted by molar-refractivity contribution is 6.52. The summed E-state index contributed by atoms with van der Waals surface area (Å²) in [5.41, 5.74) is 2.39. The zero-order chi connectivity index (χ0) is 8.27. The topological polar surface area (TPSA) is 0 Å². The average Bonchev–Trinajstić information content (AvgIpc) is 2.04. The Balaban J connectivity index is 3.06. The van der Waals surface area contributed by atoms with Crippen LogP contribution < -0.4 is 5.46 Å². The SMILES string of the molecule is CBc1ccc(F)cc1CC. The van der Waals surface area contributed by atoms with Crippen LogP contribution in [-0.2, 0) is 6.42 Å². The van der Waals surface area contributed by atoms with E-state index in [2.05, 4.69) is 6.82 Å². The molecule has 0 amide bonds. The number of hydrogen-bond donors (Lipinski definition) is 0. The van der Waals surface area contributed by atoms with Gasteiger partial charge in [0.1, 0.15) is 5.82 Å². The van der Waals surface area contributed by atoms with Gasteiger partial charge in [-0.3, -0.25) is 0 Å². The molecule has 2 heteroatoms. The molecule has 0 unspecified atom stereocenters. The molecule has 0 fully saturated rings. The predicted molar refractivity (Wildman–Crippen MR) is 48.4 cm³/mol. The van der Waals surface area contributed by atoms with Crippen LogP contribution in [0.2, 0.25) is 6.82 Å². The first-order valence-corrected chi connectivity index (χ1v) is 4.05. The fourth-order valence-electron chi connectivity index (χ4n) is 1.27. The monoisotopic (exact) mass is 150 g/mol. The van der Waals surface area contributed by atoms with Crippen LogP contribution in [0.3, 0.4) is 0 Å². The average molecular weight is 150 g/mol. The Kier molecular flexibility index (Phi) is 2.69. The second kappa shape index (κ2) is 3.56. The minimum Gasteiger partial charge on any atom is -0.207 e. The van der Waals surface area contributed by atoms with Gasteiger partial charge in [-0.1, -0.05) is 30.8 Å². The Hall–Kier alpha value is -0.785. The number of aryl methyl sites for hydroxylation is 1. The summed E-state index contributed by atoms with van der Waals surface area (Å²) in [6, 6.07) is 5.02. The van der Waals surface area contributed by atoms with Gasteiger partial charge in [-0.25, -0.2) is 4.39 Å². The van der Waals surface area contributed by atoms with Gasteiger partial charge in [0, 0.05) is 0 Å². The zero-order valence-electron chi connectivity index (χ0n) is 7.02. The normalized spacial score (nSPS) is 9.73. The van der Waals surface area contributed by atoms with Crippen molar-refractivity contribution in [2.45, 2.75) is 20.2 Å². The maximum absolute atomic E-state index is 12.7. The van der Waals surface area contributed by atoms with Gasteiger partial charge in [0.15, 0.2) is 7.28 Å². The molecular formula is C9H12BF. The van der Waals surface area contributed by atoms with Crippen LogP contribution in [0.15, 0.2) is 18.2 Å². The highest BCUT2D eigenvalue weighted by Crippen LogP contribution is 2.01. The van der Waals surface area contributed by atoms with Gasteiger partial charge in [-0.15, -0.1) is 0 Å². The molecule has 0 heterocycles. The zero-order valence-corrected chi connectivity index (χ0v) is 7.02. The summed E-state index contributed by atoms with van der Waals surface area (Å²) in [6.45, 7) is 4.14. The highest BCUT2D eigenvalue weighted by Gasteiger charge is 1.99. The van der Waals surface area contributed by atoms with Gasteiger partial charge in [-0.05, 0) is 18.6 Å². The molecule has 0 saturated heterocycles. The van der Waals surface area contributed by atoms with Gasteiger partial charge < -0.3 is 0 Å². The lowest BCUT2D eigenvalue weighted by molar-refractivity contribution is 0.626. The van der Waals surface area contributed by atoms with Gasteiger partial charge >= 0.3 is 0 Å². The van der Waals surface area contributed by atoms with E-state index in [-0.39, 0.29) is 5.82 Å². The van der Waals surface area contributed by atoms with E-state index in [1.807, 2.05) is 13.0 Å². The lowest BCUT2D eigenvalue weighted by atomic mass is 9.70. The summed E-state index contributed by atoms with van der Waals surface area (Å²) >= 11 is 0. The number of halogens is 1. The van der Waals surface area contributed by atoms with Crippen LogP contribution in [0, 0.1) is 5.82 Å². The molecule has 1 rings (SSSR count). The Bertz CT molecular complexity index is 245. The summed E-state index contributed by atoms with van der Waals surface area (Å²) in [5.74, 6) is -0.126. The highest BCUT2D eigenvalue weighted by atomic mass is 19.1. The third-order valence-electron chi connectivity index (χ3n) is 1.93. The Morgan fingerprint density at radius 3 is 2.73 bits per heavy atom. The maximum atomic E-state index is 12.7. The second-order valence-corrected chi connectivity index (χ2v) is 2.62. The van der Waals surface area contributed by atoms with Crippen LogP contribution in [0.5, 0.6) is 0 Å². The molecule has 0 bridgehead atoms. The first-order chi connectivity index (χ1) is 5.27. The van der Waals surface area contributed by atoms with E-state index in [1.165, 1.54) is 11.5 Å². The molecule has 0 radical (unpaired) electrons. The van der Waals surface area contributed by atoms with Crippen LogP contribution in [0.25, 0.3) is 0 Å². The Labute approximate surface area is 67.7 Å². The van der Waals surface area contributed by atoms with Crippen molar-refractivity contribution in [2.75, 3.05) is 0 Å². The largest absolute Gasteiger partial charge is 0.207 e. The predicted octanol–water partition coefficient (Wildman–Crippen LogP) is 1.50. The van der Waals surface area contributed by atoms with Crippen molar-refractivity contribution in [3.8, 4) is 0 Å². The fraction of sp³-hybridized carbons (Fsp3) is 0.333. The minimum absolute atomic E-state index is 0.126. The van der Waals surface area contributed by atoms with Crippen molar-refractivity contribution in [3.63, 3.8) is 0 Å². The second-order valence-electron chi connectivity index (χ2n) is 2.62. The van der Waals surface area contributed by atoms with Crippen LogP contribution in [-0.4, -0.2) is 7.28 Å². The molecule has 0 aliphatic heterocycles. The van der Waals surface area contributed by atoms with E-state index in [4.69, 9.17) is 0 Å². The molecule has 11 heavy (non-hydrogen) atoms. The molecule has 0 saturated carbocycles. The Morgan fingerprint density at radius 1 is 1.45 bits per heavy atom.